The van der Waals surface area contributed by atoms with Gasteiger partial charge in [0, 0.05) is 12.6 Å². The molecule has 1 aromatic carbocycles. The zero-order valence-electron chi connectivity index (χ0n) is 10.7. The molecule has 0 aliphatic heterocycles. The predicted molar refractivity (Wildman–Crippen MR) is 75.9 cm³/mol. The Kier molecular flexibility index (Phi) is 7.25. The van der Waals surface area contributed by atoms with Crippen molar-refractivity contribution in [1.29, 1.82) is 0 Å². The van der Waals surface area contributed by atoms with E-state index in [0.29, 0.717) is 6.54 Å². The standard InChI is InChI=1S/C14H20BrF2N/c1-2-3-4-5-6-7-8-18-14-10-12(16)11(15)9-13(14)17/h9-10,18H,2-8H2,1H3. The molecule has 0 saturated carbocycles. The van der Waals surface area contributed by atoms with Crippen LogP contribution in [-0.4, -0.2) is 6.54 Å². The van der Waals surface area contributed by atoms with Crippen LogP contribution in [0.15, 0.2) is 16.6 Å². The summed E-state index contributed by atoms with van der Waals surface area (Å²) < 4.78 is 26.8. The SMILES string of the molecule is CCCCCCCCNc1cc(F)c(Br)cc1F. The Bertz CT molecular complexity index is 369. The zero-order valence-corrected chi connectivity index (χ0v) is 12.3. The molecule has 0 aliphatic carbocycles. The fourth-order valence-corrected chi connectivity index (χ4v) is 2.10. The van der Waals surface area contributed by atoms with E-state index >= 15 is 0 Å². The van der Waals surface area contributed by atoms with E-state index in [-0.39, 0.29) is 10.2 Å². The third-order valence-corrected chi connectivity index (χ3v) is 3.46. The first-order chi connectivity index (χ1) is 8.65. The van der Waals surface area contributed by atoms with Crippen LogP contribution >= 0.6 is 15.9 Å². The van der Waals surface area contributed by atoms with E-state index in [0.717, 1.165) is 18.9 Å². The lowest BCUT2D eigenvalue weighted by atomic mass is 10.1. The second-order valence-corrected chi connectivity index (χ2v) is 5.30. The molecule has 0 bridgehead atoms. The second kappa shape index (κ2) is 8.46. The Morgan fingerprint density at radius 3 is 2.39 bits per heavy atom. The summed E-state index contributed by atoms with van der Waals surface area (Å²) in [5.74, 6) is -0.865. The highest BCUT2D eigenvalue weighted by Crippen LogP contribution is 2.23. The van der Waals surface area contributed by atoms with Crippen molar-refractivity contribution in [3.8, 4) is 0 Å². The van der Waals surface area contributed by atoms with Gasteiger partial charge in [0.25, 0.3) is 0 Å². The van der Waals surface area contributed by atoms with Crippen LogP contribution in [0.5, 0.6) is 0 Å². The van der Waals surface area contributed by atoms with Crippen molar-refractivity contribution >= 4 is 21.6 Å². The second-order valence-electron chi connectivity index (χ2n) is 4.44. The Morgan fingerprint density at radius 1 is 1.00 bits per heavy atom. The molecule has 4 heteroatoms. The van der Waals surface area contributed by atoms with Gasteiger partial charge in [-0.3, -0.25) is 0 Å². The summed E-state index contributed by atoms with van der Waals surface area (Å²) in [6.07, 6.45) is 7.11. The summed E-state index contributed by atoms with van der Waals surface area (Å²) >= 11 is 2.95. The van der Waals surface area contributed by atoms with Gasteiger partial charge in [0.1, 0.15) is 11.6 Å². The quantitative estimate of drug-likeness (QED) is 0.492. The van der Waals surface area contributed by atoms with Crippen LogP contribution in [0.1, 0.15) is 45.4 Å². The summed E-state index contributed by atoms with van der Waals surface area (Å²) in [5.41, 5.74) is 0.240. The molecule has 0 saturated heterocycles. The van der Waals surface area contributed by atoms with Gasteiger partial charge < -0.3 is 5.32 Å². The number of halogens is 3. The lowest BCUT2D eigenvalue weighted by Crippen LogP contribution is -2.04. The maximum Gasteiger partial charge on any atom is 0.147 e. The number of anilines is 1. The Morgan fingerprint density at radius 2 is 1.67 bits per heavy atom. The lowest BCUT2D eigenvalue weighted by Gasteiger charge is -2.08. The molecule has 1 N–H and O–H groups in total. The molecular weight excluding hydrogens is 300 g/mol. The normalized spacial score (nSPS) is 10.7. The molecule has 0 amide bonds. The topological polar surface area (TPSA) is 12.0 Å². The minimum absolute atomic E-state index is 0.158. The van der Waals surface area contributed by atoms with E-state index < -0.39 is 11.6 Å². The van der Waals surface area contributed by atoms with Gasteiger partial charge in [-0.15, -0.1) is 0 Å². The first kappa shape index (κ1) is 15.4. The third-order valence-electron chi connectivity index (χ3n) is 2.86. The van der Waals surface area contributed by atoms with Crippen molar-refractivity contribution in [2.24, 2.45) is 0 Å². The molecule has 0 atom stereocenters. The van der Waals surface area contributed by atoms with Crippen molar-refractivity contribution in [2.75, 3.05) is 11.9 Å². The summed E-state index contributed by atoms with van der Waals surface area (Å²) in [4.78, 5) is 0. The van der Waals surface area contributed by atoms with Crippen molar-refractivity contribution in [2.45, 2.75) is 45.4 Å². The molecule has 0 unspecified atom stereocenters. The molecular formula is C14H20BrF2N. The van der Waals surface area contributed by atoms with Gasteiger partial charge in [-0.25, -0.2) is 8.78 Å². The van der Waals surface area contributed by atoms with Crippen LogP contribution in [0.4, 0.5) is 14.5 Å². The van der Waals surface area contributed by atoms with Crippen molar-refractivity contribution in [3.63, 3.8) is 0 Å². The number of rotatable bonds is 8. The monoisotopic (exact) mass is 319 g/mol. The van der Waals surface area contributed by atoms with E-state index in [4.69, 9.17) is 0 Å². The van der Waals surface area contributed by atoms with Gasteiger partial charge in [-0.1, -0.05) is 39.0 Å². The van der Waals surface area contributed by atoms with E-state index in [1.165, 1.54) is 31.7 Å². The van der Waals surface area contributed by atoms with Crippen molar-refractivity contribution < 1.29 is 8.78 Å². The summed E-state index contributed by atoms with van der Waals surface area (Å²) in [5, 5.41) is 2.94. The Labute approximate surface area is 116 Å². The molecule has 0 aliphatic rings. The van der Waals surface area contributed by atoms with Crippen molar-refractivity contribution in [3.05, 3.63) is 28.2 Å². The first-order valence-corrected chi connectivity index (χ1v) is 7.33. The predicted octanol–water partition coefficient (Wildman–Crippen LogP) is 5.50. The van der Waals surface area contributed by atoms with Crippen LogP contribution < -0.4 is 5.32 Å². The average molecular weight is 320 g/mol. The Hall–Kier alpha value is -0.640. The van der Waals surface area contributed by atoms with Gasteiger partial charge >= 0.3 is 0 Å². The molecule has 1 rings (SSSR count). The number of hydrogen-bond acceptors (Lipinski definition) is 1. The molecule has 1 nitrogen and oxygen atoms in total. The van der Waals surface area contributed by atoms with Crippen LogP contribution in [-0.2, 0) is 0 Å². The van der Waals surface area contributed by atoms with E-state index in [9.17, 15) is 8.78 Å². The number of nitrogens with one attached hydrogen (secondary N) is 1. The third kappa shape index (κ3) is 5.34. The first-order valence-electron chi connectivity index (χ1n) is 6.53. The van der Waals surface area contributed by atoms with Gasteiger partial charge in [0.2, 0.25) is 0 Å². The highest BCUT2D eigenvalue weighted by molar-refractivity contribution is 9.10. The molecule has 18 heavy (non-hydrogen) atoms. The Balaban J connectivity index is 2.25. The number of unbranched alkanes of at least 4 members (excludes halogenated alkanes) is 5. The number of hydrogen-bond donors (Lipinski definition) is 1. The van der Waals surface area contributed by atoms with E-state index in [2.05, 4.69) is 28.2 Å². The smallest absolute Gasteiger partial charge is 0.147 e. The zero-order chi connectivity index (χ0) is 13.4. The minimum Gasteiger partial charge on any atom is -0.383 e. The van der Waals surface area contributed by atoms with Gasteiger partial charge in [-0.2, -0.15) is 0 Å². The van der Waals surface area contributed by atoms with Gasteiger partial charge in [0.05, 0.1) is 10.2 Å². The molecule has 0 aromatic heterocycles. The van der Waals surface area contributed by atoms with Crippen LogP contribution in [0, 0.1) is 11.6 Å². The average Bonchev–Trinajstić information content (AvgIpc) is 2.34. The molecule has 0 spiro atoms. The van der Waals surface area contributed by atoms with Crippen LogP contribution in [0.25, 0.3) is 0 Å². The van der Waals surface area contributed by atoms with Gasteiger partial charge in [0.15, 0.2) is 0 Å². The number of benzene rings is 1. The van der Waals surface area contributed by atoms with Gasteiger partial charge in [-0.05, 0) is 28.4 Å². The molecule has 0 heterocycles. The fraction of sp³-hybridized carbons (Fsp3) is 0.571. The van der Waals surface area contributed by atoms with Crippen molar-refractivity contribution in [1.82, 2.24) is 0 Å². The summed E-state index contributed by atoms with van der Waals surface area (Å²) in [7, 11) is 0. The van der Waals surface area contributed by atoms with E-state index in [1.807, 2.05) is 0 Å². The lowest BCUT2D eigenvalue weighted by molar-refractivity contribution is 0.593. The largest absolute Gasteiger partial charge is 0.383 e. The molecule has 0 radical (unpaired) electrons. The minimum atomic E-state index is -0.443. The maximum atomic E-state index is 13.4. The highest BCUT2D eigenvalue weighted by atomic mass is 79.9. The maximum absolute atomic E-state index is 13.4. The van der Waals surface area contributed by atoms with Crippen LogP contribution in [0.2, 0.25) is 0 Å². The molecule has 102 valence electrons. The summed E-state index contributed by atoms with van der Waals surface area (Å²) in [6.45, 7) is 2.87. The highest BCUT2D eigenvalue weighted by Gasteiger charge is 2.07. The van der Waals surface area contributed by atoms with Crippen LogP contribution in [0.3, 0.4) is 0 Å². The molecule has 0 fully saturated rings. The fourth-order valence-electron chi connectivity index (χ4n) is 1.79. The molecule has 1 aromatic rings. The van der Waals surface area contributed by atoms with E-state index in [1.54, 1.807) is 0 Å². The summed E-state index contributed by atoms with van der Waals surface area (Å²) in [6, 6.07) is 2.34.